The van der Waals surface area contributed by atoms with Crippen LogP contribution in [0.4, 0.5) is 34.1 Å². The number of fused-ring (bicyclic) bond motifs is 3. The Balaban J connectivity index is 1.03. The lowest BCUT2D eigenvalue weighted by Gasteiger charge is -2.37. The SMILES string of the molecule is CC1(C)c2ccccc2-c2ccc(N(c3ccc(-c4ccccc4)cc3)c3ccc(C4(c5ccc(N(c6ccccc6)c6ccccc6)cc5)CC=CCC4)cc3)cc21. The molecule has 0 spiro atoms. The molecule has 8 aromatic rings. The second kappa shape index (κ2) is 15.1. The Kier molecular flexibility index (Phi) is 9.34. The number of nitrogens with zero attached hydrogens (tertiary/aromatic N) is 2. The van der Waals surface area contributed by atoms with Gasteiger partial charge in [0.1, 0.15) is 0 Å². The van der Waals surface area contributed by atoms with Crippen LogP contribution < -0.4 is 9.80 Å². The van der Waals surface area contributed by atoms with Crippen molar-refractivity contribution in [3.05, 3.63) is 241 Å². The molecule has 0 saturated heterocycles. The summed E-state index contributed by atoms with van der Waals surface area (Å²) >= 11 is 0. The second-order valence-corrected chi connectivity index (χ2v) is 16.5. The minimum Gasteiger partial charge on any atom is -0.311 e. The summed E-state index contributed by atoms with van der Waals surface area (Å²) in [5.74, 6) is 0. The van der Waals surface area contributed by atoms with Gasteiger partial charge in [0.2, 0.25) is 0 Å². The summed E-state index contributed by atoms with van der Waals surface area (Å²) in [5, 5.41) is 0. The maximum atomic E-state index is 2.43. The molecule has 0 radical (unpaired) electrons. The number of allylic oxidation sites excluding steroid dienone is 2. The molecule has 0 N–H and O–H groups in total. The third kappa shape index (κ3) is 6.55. The average molecular weight is 761 g/mol. The Morgan fingerprint density at radius 1 is 0.373 bits per heavy atom. The summed E-state index contributed by atoms with van der Waals surface area (Å²) in [6.45, 7) is 4.72. The fourth-order valence-electron chi connectivity index (χ4n) is 9.70. The Morgan fingerprint density at radius 3 is 1.37 bits per heavy atom. The van der Waals surface area contributed by atoms with Crippen LogP contribution in [0.15, 0.2) is 218 Å². The van der Waals surface area contributed by atoms with E-state index in [4.69, 9.17) is 0 Å². The Morgan fingerprint density at radius 2 is 0.814 bits per heavy atom. The molecule has 59 heavy (non-hydrogen) atoms. The molecule has 2 heteroatoms. The lowest BCUT2D eigenvalue weighted by molar-refractivity contribution is 0.465. The Hall–Kier alpha value is -6.90. The highest BCUT2D eigenvalue weighted by atomic mass is 15.1. The molecule has 8 aromatic carbocycles. The molecule has 10 rings (SSSR count). The van der Waals surface area contributed by atoms with Crippen LogP contribution in [0.3, 0.4) is 0 Å². The van der Waals surface area contributed by atoms with E-state index in [1.807, 2.05) is 0 Å². The summed E-state index contributed by atoms with van der Waals surface area (Å²) < 4.78 is 0. The van der Waals surface area contributed by atoms with Crippen molar-refractivity contribution in [1.82, 2.24) is 0 Å². The van der Waals surface area contributed by atoms with Crippen molar-refractivity contribution in [3.8, 4) is 22.3 Å². The van der Waals surface area contributed by atoms with Crippen molar-refractivity contribution >= 4 is 34.1 Å². The van der Waals surface area contributed by atoms with E-state index in [0.717, 1.165) is 53.4 Å². The first-order chi connectivity index (χ1) is 29.0. The first-order valence-electron chi connectivity index (χ1n) is 21.0. The zero-order valence-electron chi connectivity index (χ0n) is 33.8. The number of hydrogen-bond acceptors (Lipinski definition) is 2. The topological polar surface area (TPSA) is 6.48 Å². The third-order valence-corrected chi connectivity index (χ3v) is 12.8. The van der Waals surface area contributed by atoms with Gasteiger partial charge >= 0.3 is 0 Å². The Bertz CT molecular complexity index is 2690. The molecule has 0 aliphatic heterocycles. The molecule has 0 fully saturated rings. The van der Waals surface area contributed by atoms with Crippen LogP contribution in [-0.4, -0.2) is 0 Å². The van der Waals surface area contributed by atoms with Crippen LogP contribution >= 0.6 is 0 Å². The van der Waals surface area contributed by atoms with Gasteiger partial charge in [-0.15, -0.1) is 0 Å². The van der Waals surface area contributed by atoms with Gasteiger partial charge in [0.15, 0.2) is 0 Å². The highest BCUT2D eigenvalue weighted by Gasteiger charge is 2.37. The average Bonchev–Trinajstić information content (AvgIpc) is 3.53. The molecule has 286 valence electrons. The van der Waals surface area contributed by atoms with Gasteiger partial charge in [-0.2, -0.15) is 0 Å². The van der Waals surface area contributed by atoms with E-state index in [1.165, 1.54) is 44.5 Å². The van der Waals surface area contributed by atoms with E-state index < -0.39 is 0 Å². The van der Waals surface area contributed by atoms with Gasteiger partial charge in [-0.25, -0.2) is 0 Å². The van der Waals surface area contributed by atoms with Crippen LogP contribution in [0.2, 0.25) is 0 Å². The van der Waals surface area contributed by atoms with E-state index in [-0.39, 0.29) is 10.8 Å². The lowest BCUT2D eigenvalue weighted by Crippen LogP contribution is -2.29. The van der Waals surface area contributed by atoms with E-state index in [2.05, 4.69) is 242 Å². The molecular formula is C57H48N2. The molecule has 0 bridgehead atoms. The molecule has 2 aliphatic rings. The number of hydrogen-bond donors (Lipinski definition) is 0. The minimum absolute atomic E-state index is 0.0930. The molecule has 0 heterocycles. The maximum Gasteiger partial charge on any atom is 0.0465 e. The summed E-state index contributed by atoms with van der Waals surface area (Å²) in [6, 6.07) is 75.8. The number of rotatable bonds is 9. The van der Waals surface area contributed by atoms with Gasteiger partial charge in [-0.05, 0) is 137 Å². The number of para-hydroxylation sites is 2. The molecule has 2 aliphatic carbocycles. The van der Waals surface area contributed by atoms with Crippen LogP contribution in [0, 0.1) is 0 Å². The first kappa shape index (κ1) is 36.4. The fourth-order valence-corrected chi connectivity index (χ4v) is 9.70. The lowest BCUT2D eigenvalue weighted by atomic mass is 9.67. The van der Waals surface area contributed by atoms with Crippen molar-refractivity contribution in [3.63, 3.8) is 0 Å². The first-order valence-corrected chi connectivity index (χ1v) is 21.0. The zero-order chi connectivity index (χ0) is 39.8. The normalized spacial score (nSPS) is 16.2. The minimum atomic E-state index is -0.123. The van der Waals surface area contributed by atoms with Crippen molar-refractivity contribution in [2.45, 2.75) is 43.9 Å². The van der Waals surface area contributed by atoms with Gasteiger partial charge in [-0.1, -0.05) is 159 Å². The van der Waals surface area contributed by atoms with Crippen LogP contribution in [0.5, 0.6) is 0 Å². The number of anilines is 6. The van der Waals surface area contributed by atoms with Gasteiger partial charge in [0, 0.05) is 45.0 Å². The standard InChI is InChI=1S/C57H48N2/c1-56(2)54-24-14-13-23-52(54)53-38-37-51(41-55(53)56)59(48-31-25-43(26-32-48)42-17-7-3-8-18-42)50-35-29-45(30-36-50)57(39-15-6-16-40-57)44-27-33-49(34-28-44)58(46-19-9-4-10-20-46)47-21-11-5-12-22-47/h3-15,17-38,41H,16,39-40H2,1-2H3. The van der Waals surface area contributed by atoms with Crippen molar-refractivity contribution < 1.29 is 0 Å². The largest absolute Gasteiger partial charge is 0.311 e. The summed E-state index contributed by atoms with van der Waals surface area (Å²) in [7, 11) is 0. The fraction of sp³-hybridized carbons (Fsp3) is 0.123. The highest BCUT2D eigenvalue weighted by molar-refractivity contribution is 5.86. The number of benzene rings is 8. The van der Waals surface area contributed by atoms with Crippen molar-refractivity contribution in [1.29, 1.82) is 0 Å². The molecular weight excluding hydrogens is 713 g/mol. The quantitative estimate of drug-likeness (QED) is 0.135. The van der Waals surface area contributed by atoms with E-state index in [1.54, 1.807) is 0 Å². The molecule has 1 atom stereocenters. The molecule has 0 amide bonds. The van der Waals surface area contributed by atoms with Gasteiger partial charge in [0.05, 0.1) is 0 Å². The van der Waals surface area contributed by atoms with Gasteiger partial charge in [-0.3, -0.25) is 0 Å². The molecule has 1 unspecified atom stereocenters. The highest BCUT2D eigenvalue weighted by Crippen LogP contribution is 2.51. The van der Waals surface area contributed by atoms with Crippen LogP contribution in [-0.2, 0) is 10.8 Å². The van der Waals surface area contributed by atoms with Crippen LogP contribution in [0.25, 0.3) is 22.3 Å². The molecule has 2 nitrogen and oxygen atoms in total. The predicted molar refractivity (Wildman–Crippen MR) is 249 cm³/mol. The van der Waals surface area contributed by atoms with Crippen molar-refractivity contribution in [2.75, 3.05) is 9.80 Å². The zero-order valence-corrected chi connectivity index (χ0v) is 33.8. The smallest absolute Gasteiger partial charge is 0.0465 e. The predicted octanol–water partition coefficient (Wildman–Crippen LogP) is 15.6. The van der Waals surface area contributed by atoms with Gasteiger partial charge in [0.25, 0.3) is 0 Å². The van der Waals surface area contributed by atoms with E-state index >= 15 is 0 Å². The van der Waals surface area contributed by atoms with E-state index in [9.17, 15) is 0 Å². The maximum absolute atomic E-state index is 2.43. The van der Waals surface area contributed by atoms with E-state index in [0.29, 0.717) is 0 Å². The van der Waals surface area contributed by atoms with Crippen molar-refractivity contribution in [2.24, 2.45) is 0 Å². The molecule has 0 aromatic heterocycles. The summed E-state index contributed by atoms with van der Waals surface area (Å²) in [6.07, 6.45) is 7.82. The third-order valence-electron chi connectivity index (χ3n) is 12.8. The van der Waals surface area contributed by atoms with Crippen LogP contribution in [0.1, 0.15) is 55.4 Å². The Labute approximate surface area is 349 Å². The monoisotopic (exact) mass is 760 g/mol. The molecule has 0 saturated carbocycles. The summed E-state index contributed by atoms with van der Waals surface area (Å²) in [5.41, 5.74) is 17.3. The van der Waals surface area contributed by atoms with Gasteiger partial charge < -0.3 is 9.80 Å². The second-order valence-electron chi connectivity index (χ2n) is 16.5. The summed E-state index contributed by atoms with van der Waals surface area (Å²) in [4.78, 5) is 4.77.